The number of hydrogen-bond acceptors (Lipinski definition) is 2. The third kappa shape index (κ3) is 5.20. The molecule has 0 spiro atoms. The zero-order valence-electron chi connectivity index (χ0n) is 13.4. The van der Waals surface area contributed by atoms with Crippen molar-refractivity contribution in [2.75, 3.05) is 32.9 Å². The average Bonchev–Trinajstić information content (AvgIpc) is 2.51. The van der Waals surface area contributed by atoms with E-state index in [-0.39, 0.29) is 37.6 Å². The number of hydrogen-bond donors (Lipinski definition) is 1. The molecule has 2 rings (SSSR count). The molecule has 1 aliphatic rings. The van der Waals surface area contributed by atoms with Crippen LogP contribution in [0.2, 0.25) is 0 Å². The molecule has 1 fully saturated rings. The highest BCUT2D eigenvalue weighted by Crippen LogP contribution is 2.42. The van der Waals surface area contributed by atoms with Crippen molar-refractivity contribution in [3.8, 4) is 0 Å². The van der Waals surface area contributed by atoms with E-state index in [2.05, 4.69) is 5.32 Å². The van der Waals surface area contributed by atoms with Gasteiger partial charge in [-0.05, 0) is 18.6 Å². The van der Waals surface area contributed by atoms with Gasteiger partial charge in [-0.25, -0.2) is 4.39 Å². The molecule has 0 aromatic heterocycles. The van der Waals surface area contributed by atoms with Crippen molar-refractivity contribution in [3.63, 3.8) is 0 Å². The Morgan fingerprint density at radius 3 is 2.04 bits per heavy atom. The minimum Gasteiger partial charge on any atom is -0.314 e. The topological polar surface area (TPSA) is 15.3 Å². The predicted molar refractivity (Wildman–Crippen MR) is 81.4 cm³/mol. The Morgan fingerprint density at radius 1 is 1.00 bits per heavy atom. The molecule has 0 amide bonds. The molecule has 0 radical (unpaired) electrons. The van der Waals surface area contributed by atoms with Crippen LogP contribution >= 0.6 is 12.4 Å². The van der Waals surface area contributed by atoms with Crippen LogP contribution < -0.4 is 5.32 Å². The van der Waals surface area contributed by atoms with Crippen LogP contribution in [0.15, 0.2) is 12.1 Å². The summed E-state index contributed by atoms with van der Waals surface area (Å²) in [6, 6.07) is -1.35. The number of rotatable bonds is 4. The average molecular weight is 413 g/mol. The van der Waals surface area contributed by atoms with Crippen LogP contribution in [-0.2, 0) is 12.4 Å². The fourth-order valence-electron chi connectivity index (χ4n) is 2.96. The minimum atomic E-state index is -5.19. The summed E-state index contributed by atoms with van der Waals surface area (Å²) in [4.78, 5) is 1.46. The van der Waals surface area contributed by atoms with Crippen LogP contribution in [0.25, 0.3) is 0 Å². The first-order valence-electron chi connectivity index (χ1n) is 7.54. The summed E-state index contributed by atoms with van der Waals surface area (Å²) < 4.78 is 105. The van der Waals surface area contributed by atoms with Gasteiger partial charge >= 0.3 is 12.4 Å². The lowest BCUT2D eigenvalue weighted by atomic mass is 9.93. The van der Waals surface area contributed by atoms with Gasteiger partial charge in [0.15, 0.2) is 0 Å². The van der Waals surface area contributed by atoms with Crippen molar-refractivity contribution < 1.29 is 35.1 Å². The lowest BCUT2D eigenvalue weighted by molar-refractivity contribution is -0.144. The highest BCUT2D eigenvalue weighted by molar-refractivity contribution is 5.85. The summed E-state index contributed by atoms with van der Waals surface area (Å²) in [5.41, 5.74) is -4.36. The van der Waals surface area contributed by atoms with Crippen LogP contribution in [0.5, 0.6) is 0 Å². The molecule has 26 heavy (non-hydrogen) atoms. The Morgan fingerprint density at radius 2 is 1.58 bits per heavy atom. The van der Waals surface area contributed by atoms with Crippen LogP contribution in [0.4, 0.5) is 35.1 Å². The molecule has 1 N–H and O–H groups in total. The molecule has 1 aliphatic heterocycles. The van der Waals surface area contributed by atoms with E-state index < -0.39 is 54.0 Å². The molecule has 1 aromatic carbocycles. The molecule has 1 aromatic rings. The molecule has 11 heteroatoms. The van der Waals surface area contributed by atoms with Crippen LogP contribution in [0.1, 0.15) is 29.2 Å². The second kappa shape index (κ2) is 8.71. The monoisotopic (exact) mass is 412 g/mol. The fraction of sp³-hybridized carbons (Fsp3) is 0.600. The second-order valence-electron chi connectivity index (χ2n) is 5.69. The van der Waals surface area contributed by atoms with Gasteiger partial charge < -0.3 is 5.32 Å². The van der Waals surface area contributed by atoms with Gasteiger partial charge in [-0.1, -0.05) is 0 Å². The smallest absolute Gasteiger partial charge is 0.314 e. The number of benzene rings is 1. The number of nitrogens with zero attached hydrogens (tertiary/aromatic N) is 1. The first-order chi connectivity index (χ1) is 11.6. The van der Waals surface area contributed by atoms with Crippen LogP contribution in [-0.4, -0.2) is 37.8 Å². The van der Waals surface area contributed by atoms with Gasteiger partial charge in [0.05, 0.1) is 17.8 Å². The Balaban J connectivity index is 0.00000338. The van der Waals surface area contributed by atoms with E-state index in [1.165, 1.54) is 4.90 Å². The first kappa shape index (κ1) is 22.9. The summed E-state index contributed by atoms with van der Waals surface area (Å²) in [7, 11) is 0. The highest BCUT2D eigenvalue weighted by Gasteiger charge is 2.42. The van der Waals surface area contributed by atoms with Crippen LogP contribution in [0.3, 0.4) is 0 Å². The molecule has 0 bridgehead atoms. The highest BCUT2D eigenvalue weighted by atomic mass is 35.5. The standard InChI is InChI=1S/C15H16F8N2.ClH/c16-2-1-12(25-5-3-24-4-6-25)13-10(15(21,22)23)7-9(8-11(13)17)14(18,19)20;/h7-8,12,24H,1-6H2;1H/t12-;/m1./s1. The van der Waals surface area contributed by atoms with Crippen molar-refractivity contribution in [1.29, 1.82) is 0 Å². The van der Waals surface area contributed by atoms with Gasteiger partial charge in [-0.2, -0.15) is 26.3 Å². The summed E-state index contributed by atoms with van der Waals surface area (Å²) >= 11 is 0. The second-order valence-corrected chi connectivity index (χ2v) is 5.69. The van der Waals surface area contributed by atoms with Gasteiger partial charge in [-0.3, -0.25) is 9.29 Å². The van der Waals surface area contributed by atoms with Gasteiger partial charge in [0.1, 0.15) is 5.82 Å². The number of piperazine rings is 1. The van der Waals surface area contributed by atoms with E-state index in [9.17, 15) is 35.1 Å². The summed E-state index contributed by atoms with van der Waals surface area (Å²) in [6.45, 7) is 0.274. The third-order valence-electron chi connectivity index (χ3n) is 4.07. The Hall–Kier alpha value is -1.13. The molecule has 1 heterocycles. The zero-order valence-corrected chi connectivity index (χ0v) is 14.2. The van der Waals surface area contributed by atoms with Crippen molar-refractivity contribution in [2.24, 2.45) is 0 Å². The zero-order chi connectivity index (χ0) is 18.8. The first-order valence-corrected chi connectivity index (χ1v) is 7.54. The van der Waals surface area contributed by atoms with Crippen molar-refractivity contribution in [2.45, 2.75) is 24.8 Å². The van der Waals surface area contributed by atoms with Gasteiger partial charge in [0.2, 0.25) is 0 Å². The summed E-state index contributed by atoms with van der Waals surface area (Å²) in [5.74, 6) is -1.63. The van der Waals surface area contributed by atoms with E-state index in [0.29, 0.717) is 13.1 Å². The number of alkyl halides is 7. The van der Waals surface area contributed by atoms with Gasteiger partial charge in [0.25, 0.3) is 0 Å². The Labute approximate surface area is 150 Å². The normalized spacial score (nSPS) is 17.7. The number of nitrogens with one attached hydrogen (secondary N) is 1. The molecule has 0 aliphatic carbocycles. The van der Waals surface area contributed by atoms with Crippen molar-refractivity contribution in [3.05, 3.63) is 34.6 Å². The fourth-order valence-corrected chi connectivity index (χ4v) is 2.96. The van der Waals surface area contributed by atoms with Gasteiger partial charge in [0, 0.05) is 37.8 Å². The van der Waals surface area contributed by atoms with E-state index in [0.717, 1.165) is 0 Å². The van der Waals surface area contributed by atoms with Crippen LogP contribution in [0, 0.1) is 5.82 Å². The minimum absolute atomic E-state index is 0. The Bertz CT molecular complexity index is 597. The molecule has 0 saturated carbocycles. The molecule has 1 saturated heterocycles. The van der Waals surface area contributed by atoms with E-state index in [1.54, 1.807) is 0 Å². The molecule has 0 unspecified atom stereocenters. The lowest BCUT2D eigenvalue weighted by Gasteiger charge is -2.36. The van der Waals surface area contributed by atoms with Crippen molar-refractivity contribution in [1.82, 2.24) is 10.2 Å². The molecular formula is C15H17ClF8N2. The summed E-state index contributed by atoms with van der Waals surface area (Å²) in [5, 5.41) is 2.95. The van der Waals surface area contributed by atoms with E-state index in [1.807, 2.05) is 0 Å². The molecular weight excluding hydrogens is 396 g/mol. The predicted octanol–water partition coefficient (Wildman–Crippen LogP) is 4.59. The summed E-state index contributed by atoms with van der Waals surface area (Å²) in [6.07, 6.45) is -10.8. The SMILES string of the molecule is Cl.FCC[C@H](c1c(F)cc(C(F)(F)F)cc1C(F)(F)F)N1CCNCC1. The molecule has 150 valence electrons. The largest absolute Gasteiger partial charge is 0.416 e. The Kier molecular flexibility index (Phi) is 7.67. The molecule has 2 nitrogen and oxygen atoms in total. The molecule has 1 atom stereocenters. The lowest BCUT2D eigenvalue weighted by Crippen LogP contribution is -2.45. The van der Waals surface area contributed by atoms with Gasteiger partial charge in [-0.15, -0.1) is 12.4 Å². The maximum atomic E-state index is 14.3. The maximum Gasteiger partial charge on any atom is 0.416 e. The number of halogens is 9. The third-order valence-corrected chi connectivity index (χ3v) is 4.07. The quantitative estimate of drug-likeness (QED) is 0.728. The van der Waals surface area contributed by atoms with Crippen molar-refractivity contribution >= 4 is 12.4 Å². The van der Waals surface area contributed by atoms with E-state index >= 15 is 0 Å². The van der Waals surface area contributed by atoms with E-state index in [4.69, 9.17) is 0 Å². The maximum absolute atomic E-state index is 14.3.